The molecule has 0 bridgehead atoms. The number of para-hydroxylation sites is 1. The second-order valence-electron chi connectivity index (χ2n) is 3.42. The van der Waals surface area contributed by atoms with Gasteiger partial charge in [-0.3, -0.25) is 0 Å². The number of H-pyrrole nitrogens is 1. The van der Waals surface area contributed by atoms with E-state index in [0.29, 0.717) is 0 Å². The molecule has 1 heterocycles. The van der Waals surface area contributed by atoms with Gasteiger partial charge in [0.2, 0.25) is 0 Å². The Labute approximate surface area is 82.9 Å². The van der Waals surface area contributed by atoms with Crippen LogP contribution in [0, 0.1) is 0 Å². The van der Waals surface area contributed by atoms with Gasteiger partial charge >= 0.3 is 0 Å². The molecule has 3 heteroatoms. The monoisotopic (exact) mass is 190 g/mol. The first-order valence-corrected chi connectivity index (χ1v) is 4.63. The molecule has 1 aromatic carbocycles. The molecule has 0 saturated heterocycles. The van der Waals surface area contributed by atoms with Crippen molar-refractivity contribution >= 4 is 10.9 Å². The van der Waals surface area contributed by atoms with Gasteiger partial charge in [-0.05, 0) is 18.6 Å². The summed E-state index contributed by atoms with van der Waals surface area (Å²) >= 11 is 0. The highest BCUT2D eigenvalue weighted by Gasteiger charge is 2.09. The second kappa shape index (κ2) is 3.35. The van der Waals surface area contributed by atoms with Crippen LogP contribution >= 0.6 is 0 Å². The Kier molecular flexibility index (Phi) is 2.17. The molecule has 0 fully saturated rings. The lowest BCUT2D eigenvalue weighted by Gasteiger charge is -2.04. The van der Waals surface area contributed by atoms with Crippen molar-refractivity contribution in [3.63, 3.8) is 0 Å². The lowest BCUT2D eigenvalue weighted by atomic mass is 10.1. The summed E-state index contributed by atoms with van der Waals surface area (Å²) in [4.78, 5) is 3.18. The first kappa shape index (κ1) is 9.09. The molecule has 3 nitrogen and oxygen atoms in total. The van der Waals surface area contributed by atoms with Gasteiger partial charge in [0, 0.05) is 17.6 Å². The maximum atomic E-state index is 5.85. The fraction of sp³-hybridized carbons (Fsp3) is 0.273. The Morgan fingerprint density at radius 2 is 2.21 bits per heavy atom. The van der Waals surface area contributed by atoms with Crippen molar-refractivity contribution in [2.45, 2.75) is 13.0 Å². The first-order valence-electron chi connectivity index (χ1n) is 4.63. The average molecular weight is 190 g/mol. The van der Waals surface area contributed by atoms with Crippen LogP contribution in [0.25, 0.3) is 10.9 Å². The molecule has 0 aliphatic heterocycles. The lowest BCUT2D eigenvalue weighted by Crippen LogP contribution is -2.03. The molecule has 74 valence electrons. The van der Waals surface area contributed by atoms with E-state index in [1.165, 1.54) is 0 Å². The van der Waals surface area contributed by atoms with Crippen molar-refractivity contribution in [2.75, 3.05) is 7.11 Å². The predicted molar refractivity (Wildman–Crippen MR) is 57.5 cm³/mol. The molecule has 0 aliphatic rings. The fourth-order valence-electron chi connectivity index (χ4n) is 1.70. The van der Waals surface area contributed by atoms with Crippen LogP contribution in [0.3, 0.4) is 0 Å². The Bertz CT molecular complexity index is 445. The molecule has 0 saturated carbocycles. The number of rotatable bonds is 2. The van der Waals surface area contributed by atoms with Crippen molar-refractivity contribution in [3.8, 4) is 5.75 Å². The summed E-state index contributed by atoms with van der Waals surface area (Å²) in [5, 5.41) is 1.14. The van der Waals surface area contributed by atoms with Crippen LogP contribution in [0.15, 0.2) is 24.4 Å². The highest BCUT2D eigenvalue weighted by atomic mass is 16.5. The number of methoxy groups -OCH3 is 1. The third-order valence-corrected chi connectivity index (χ3v) is 2.42. The number of aromatic nitrogens is 1. The van der Waals surface area contributed by atoms with Crippen LogP contribution in [-0.2, 0) is 0 Å². The molecule has 14 heavy (non-hydrogen) atoms. The number of aromatic amines is 1. The topological polar surface area (TPSA) is 51.0 Å². The largest absolute Gasteiger partial charge is 0.495 e. The van der Waals surface area contributed by atoms with E-state index in [1.807, 2.05) is 31.3 Å². The second-order valence-corrected chi connectivity index (χ2v) is 3.42. The van der Waals surface area contributed by atoms with Crippen LogP contribution in [0.1, 0.15) is 18.5 Å². The molecule has 0 aliphatic carbocycles. The van der Waals surface area contributed by atoms with E-state index in [1.54, 1.807) is 7.11 Å². The molecule has 0 spiro atoms. The molecule has 0 amide bonds. The van der Waals surface area contributed by atoms with E-state index in [0.717, 1.165) is 22.2 Å². The minimum absolute atomic E-state index is 0.0378. The van der Waals surface area contributed by atoms with Gasteiger partial charge < -0.3 is 15.5 Å². The van der Waals surface area contributed by atoms with Crippen molar-refractivity contribution in [1.29, 1.82) is 0 Å². The Morgan fingerprint density at radius 1 is 1.43 bits per heavy atom. The van der Waals surface area contributed by atoms with E-state index < -0.39 is 0 Å². The summed E-state index contributed by atoms with van der Waals surface area (Å²) < 4.78 is 5.25. The Morgan fingerprint density at radius 3 is 2.86 bits per heavy atom. The summed E-state index contributed by atoms with van der Waals surface area (Å²) in [6.07, 6.45) is 1.94. The first-order chi connectivity index (χ1) is 6.74. The van der Waals surface area contributed by atoms with Gasteiger partial charge in [-0.2, -0.15) is 0 Å². The van der Waals surface area contributed by atoms with Crippen LogP contribution < -0.4 is 10.5 Å². The molecular formula is C11H14N2O. The molecule has 1 unspecified atom stereocenters. The van der Waals surface area contributed by atoms with E-state index >= 15 is 0 Å². The Balaban J connectivity index is 2.69. The standard InChI is InChI=1S/C11H14N2O/c1-7(12)9-6-13-11-8(9)4-3-5-10(11)14-2/h3-7,13H,12H2,1-2H3. The molecule has 3 N–H and O–H groups in total. The minimum atomic E-state index is 0.0378. The highest BCUT2D eigenvalue weighted by Crippen LogP contribution is 2.29. The summed E-state index contributed by atoms with van der Waals surface area (Å²) in [5.74, 6) is 0.856. The SMILES string of the molecule is COc1cccc2c(C(C)N)c[nH]c12. The van der Waals surface area contributed by atoms with E-state index in [2.05, 4.69) is 4.98 Å². The number of benzene rings is 1. The lowest BCUT2D eigenvalue weighted by molar-refractivity contribution is 0.419. The van der Waals surface area contributed by atoms with Crippen molar-refractivity contribution in [3.05, 3.63) is 30.0 Å². The summed E-state index contributed by atoms with van der Waals surface area (Å²) in [6.45, 7) is 1.97. The zero-order chi connectivity index (χ0) is 10.1. The zero-order valence-electron chi connectivity index (χ0n) is 8.37. The third kappa shape index (κ3) is 1.26. The van der Waals surface area contributed by atoms with Gasteiger partial charge in [0.15, 0.2) is 0 Å². The average Bonchev–Trinajstić information content (AvgIpc) is 2.60. The van der Waals surface area contributed by atoms with Gasteiger partial charge in [0.25, 0.3) is 0 Å². The van der Waals surface area contributed by atoms with Gasteiger partial charge in [-0.1, -0.05) is 12.1 Å². The van der Waals surface area contributed by atoms with Gasteiger partial charge in [0.1, 0.15) is 5.75 Å². The van der Waals surface area contributed by atoms with E-state index in [9.17, 15) is 0 Å². The van der Waals surface area contributed by atoms with Gasteiger partial charge in [-0.25, -0.2) is 0 Å². The third-order valence-electron chi connectivity index (χ3n) is 2.42. The number of hydrogen-bond donors (Lipinski definition) is 2. The smallest absolute Gasteiger partial charge is 0.142 e. The van der Waals surface area contributed by atoms with E-state index in [4.69, 9.17) is 10.5 Å². The molecule has 2 rings (SSSR count). The fourth-order valence-corrected chi connectivity index (χ4v) is 1.70. The maximum absolute atomic E-state index is 5.85. The molecule has 2 aromatic rings. The van der Waals surface area contributed by atoms with Crippen LogP contribution in [0.2, 0.25) is 0 Å². The molecule has 0 radical (unpaired) electrons. The van der Waals surface area contributed by atoms with Crippen LogP contribution in [0.5, 0.6) is 5.75 Å². The van der Waals surface area contributed by atoms with Gasteiger partial charge in [-0.15, -0.1) is 0 Å². The van der Waals surface area contributed by atoms with E-state index in [-0.39, 0.29) is 6.04 Å². The van der Waals surface area contributed by atoms with Crippen LogP contribution in [0.4, 0.5) is 0 Å². The highest BCUT2D eigenvalue weighted by molar-refractivity contribution is 5.88. The number of nitrogens with two attached hydrogens (primary N) is 1. The minimum Gasteiger partial charge on any atom is -0.495 e. The van der Waals surface area contributed by atoms with Crippen LogP contribution in [-0.4, -0.2) is 12.1 Å². The molecular weight excluding hydrogens is 176 g/mol. The van der Waals surface area contributed by atoms with Crippen molar-refractivity contribution in [2.24, 2.45) is 5.73 Å². The summed E-state index contributed by atoms with van der Waals surface area (Å²) in [6, 6.07) is 5.99. The Hall–Kier alpha value is -1.48. The van der Waals surface area contributed by atoms with Crippen molar-refractivity contribution in [1.82, 2.24) is 4.98 Å². The summed E-state index contributed by atoms with van der Waals surface area (Å²) in [5.41, 5.74) is 7.99. The number of nitrogens with one attached hydrogen (secondary N) is 1. The molecule has 1 atom stereocenters. The number of hydrogen-bond acceptors (Lipinski definition) is 2. The van der Waals surface area contributed by atoms with Gasteiger partial charge in [0.05, 0.1) is 12.6 Å². The zero-order valence-corrected chi connectivity index (χ0v) is 8.37. The number of fused-ring (bicyclic) bond motifs is 1. The predicted octanol–water partition coefficient (Wildman–Crippen LogP) is 2.20. The normalized spacial score (nSPS) is 13.1. The summed E-state index contributed by atoms with van der Waals surface area (Å²) in [7, 11) is 1.67. The maximum Gasteiger partial charge on any atom is 0.142 e. The quantitative estimate of drug-likeness (QED) is 0.762. The molecule has 1 aromatic heterocycles. The van der Waals surface area contributed by atoms with Crippen molar-refractivity contribution < 1.29 is 4.74 Å². The number of ether oxygens (including phenoxy) is 1.